The highest BCUT2D eigenvalue weighted by Gasteiger charge is 2.33. The summed E-state index contributed by atoms with van der Waals surface area (Å²) in [6.45, 7) is 0. The summed E-state index contributed by atoms with van der Waals surface area (Å²) in [5.41, 5.74) is 3.03. The van der Waals surface area contributed by atoms with Crippen molar-refractivity contribution in [3.63, 3.8) is 0 Å². The van der Waals surface area contributed by atoms with Crippen LogP contribution >= 0.6 is 0 Å². The van der Waals surface area contributed by atoms with E-state index in [1.807, 2.05) is 30.3 Å². The first-order chi connectivity index (χ1) is 9.29. The van der Waals surface area contributed by atoms with Crippen LogP contribution < -0.4 is 5.32 Å². The van der Waals surface area contributed by atoms with Crippen LogP contribution in [0.4, 0.5) is 0 Å². The maximum Gasteiger partial charge on any atom is 0.323 e. The molecule has 0 fully saturated rings. The van der Waals surface area contributed by atoms with Gasteiger partial charge in [-0.15, -0.1) is 0 Å². The molecule has 2 atom stereocenters. The minimum atomic E-state index is -0.344. The highest BCUT2D eigenvalue weighted by atomic mass is 16.5. The van der Waals surface area contributed by atoms with Gasteiger partial charge in [0.25, 0.3) is 0 Å². The fourth-order valence-corrected chi connectivity index (χ4v) is 2.48. The van der Waals surface area contributed by atoms with Gasteiger partial charge in [0.15, 0.2) is 0 Å². The van der Waals surface area contributed by atoms with E-state index in [2.05, 4.69) is 15.3 Å². The molecule has 19 heavy (non-hydrogen) atoms. The highest BCUT2D eigenvalue weighted by molar-refractivity contribution is 5.76. The van der Waals surface area contributed by atoms with E-state index in [-0.39, 0.29) is 18.1 Å². The predicted molar refractivity (Wildman–Crippen MR) is 69.5 cm³/mol. The van der Waals surface area contributed by atoms with Crippen molar-refractivity contribution >= 4 is 5.97 Å². The van der Waals surface area contributed by atoms with E-state index >= 15 is 0 Å². The minimum Gasteiger partial charge on any atom is -0.468 e. The van der Waals surface area contributed by atoms with E-state index in [9.17, 15) is 4.79 Å². The summed E-state index contributed by atoms with van der Waals surface area (Å²) in [5.74, 6) is -0.249. The van der Waals surface area contributed by atoms with Crippen molar-refractivity contribution in [3.05, 3.63) is 53.6 Å². The standard InChI is InChI=1S/C14H15N3O2/c1-19-14(18)11-7-10-13(16-8-15-10)12(17-11)9-5-3-2-4-6-9/h2-6,8,11-12,17H,7H2,1H3,(H,15,16)/t11-,12-/m0/s1. The zero-order valence-electron chi connectivity index (χ0n) is 10.6. The number of imidazole rings is 1. The lowest BCUT2D eigenvalue weighted by Crippen LogP contribution is -2.45. The number of nitrogens with one attached hydrogen (secondary N) is 2. The Bertz CT molecular complexity index is 579. The van der Waals surface area contributed by atoms with Gasteiger partial charge in [0.2, 0.25) is 0 Å². The molecule has 2 aromatic rings. The predicted octanol–water partition coefficient (Wildman–Crippen LogP) is 1.19. The van der Waals surface area contributed by atoms with Gasteiger partial charge in [-0.25, -0.2) is 4.98 Å². The highest BCUT2D eigenvalue weighted by Crippen LogP contribution is 2.28. The van der Waals surface area contributed by atoms with Gasteiger partial charge in [-0.3, -0.25) is 10.1 Å². The number of H-pyrrole nitrogens is 1. The summed E-state index contributed by atoms with van der Waals surface area (Å²) in [7, 11) is 1.41. The molecular formula is C14H15N3O2. The van der Waals surface area contributed by atoms with Crippen LogP contribution in [0.15, 0.2) is 36.7 Å². The Hall–Kier alpha value is -2.14. The van der Waals surface area contributed by atoms with E-state index in [0.717, 1.165) is 17.0 Å². The SMILES string of the molecule is COC(=O)[C@@H]1Cc2[nH]cnc2[C@H](c2ccccc2)N1. The van der Waals surface area contributed by atoms with E-state index < -0.39 is 0 Å². The number of fused-ring (bicyclic) bond motifs is 1. The number of rotatable bonds is 2. The van der Waals surface area contributed by atoms with Crippen molar-refractivity contribution in [1.82, 2.24) is 15.3 Å². The molecule has 0 saturated carbocycles. The van der Waals surface area contributed by atoms with Crippen molar-refractivity contribution in [2.24, 2.45) is 0 Å². The Morgan fingerprint density at radius 2 is 2.16 bits per heavy atom. The van der Waals surface area contributed by atoms with Crippen LogP contribution in [0.5, 0.6) is 0 Å². The Morgan fingerprint density at radius 1 is 1.37 bits per heavy atom. The smallest absolute Gasteiger partial charge is 0.323 e. The third kappa shape index (κ3) is 2.13. The number of esters is 1. The zero-order chi connectivity index (χ0) is 13.2. The van der Waals surface area contributed by atoms with Crippen LogP contribution in [0.25, 0.3) is 0 Å². The molecule has 0 radical (unpaired) electrons. The molecule has 0 amide bonds. The molecule has 5 heteroatoms. The van der Waals surface area contributed by atoms with Crippen molar-refractivity contribution in [1.29, 1.82) is 0 Å². The number of ether oxygens (including phenoxy) is 1. The number of hydrogen-bond donors (Lipinski definition) is 2. The van der Waals surface area contributed by atoms with Crippen LogP contribution in [-0.2, 0) is 16.0 Å². The third-order valence-electron chi connectivity index (χ3n) is 3.42. The first-order valence-electron chi connectivity index (χ1n) is 6.20. The van der Waals surface area contributed by atoms with Crippen molar-refractivity contribution in [2.75, 3.05) is 7.11 Å². The monoisotopic (exact) mass is 257 g/mol. The third-order valence-corrected chi connectivity index (χ3v) is 3.42. The molecule has 0 spiro atoms. The van der Waals surface area contributed by atoms with Crippen molar-refractivity contribution in [3.8, 4) is 0 Å². The van der Waals surface area contributed by atoms with Crippen LogP contribution in [0.3, 0.4) is 0 Å². The maximum absolute atomic E-state index is 11.8. The lowest BCUT2D eigenvalue weighted by atomic mass is 9.94. The number of methoxy groups -OCH3 is 1. The molecule has 2 N–H and O–H groups in total. The molecule has 3 rings (SSSR count). The largest absolute Gasteiger partial charge is 0.468 e. The number of carbonyl (C=O) groups excluding carboxylic acids is 1. The zero-order valence-corrected chi connectivity index (χ0v) is 10.6. The lowest BCUT2D eigenvalue weighted by molar-refractivity contribution is -0.143. The van der Waals surface area contributed by atoms with Gasteiger partial charge in [-0.1, -0.05) is 30.3 Å². The molecule has 5 nitrogen and oxygen atoms in total. The van der Waals surface area contributed by atoms with Crippen LogP contribution in [0, 0.1) is 0 Å². The van der Waals surface area contributed by atoms with E-state index in [4.69, 9.17) is 4.74 Å². The van der Waals surface area contributed by atoms with Gasteiger partial charge in [-0.05, 0) is 5.56 Å². The van der Waals surface area contributed by atoms with Gasteiger partial charge < -0.3 is 9.72 Å². The molecular weight excluding hydrogens is 242 g/mol. The molecule has 0 saturated heterocycles. The topological polar surface area (TPSA) is 67.0 Å². The summed E-state index contributed by atoms with van der Waals surface area (Å²) in [6.07, 6.45) is 2.24. The first kappa shape index (κ1) is 11.9. The van der Waals surface area contributed by atoms with E-state index in [0.29, 0.717) is 6.42 Å². The van der Waals surface area contributed by atoms with Crippen LogP contribution in [-0.4, -0.2) is 29.1 Å². The molecule has 2 heterocycles. The lowest BCUT2D eigenvalue weighted by Gasteiger charge is -2.29. The van der Waals surface area contributed by atoms with Crippen LogP contribution in [0.1, 0.15) is 23.0 Å². The number of aromatic amines is 1. The summed E-state index contributed by atoms with van der Waals surface area (Å²) in [6, 6.07) is 9.54. The first-order valence-corrected chi connectivity index (χ1v) is 6.20. The number of nitrogens with zero attached hydrogens (tertiary/aromatic N) is 1. The normalized spacial score (nSPS) is 21.7. The molecule has 1 aromatic carbocycles. The number of carbonyl (C=O) groups is 1. The number of aromatic nitrogens is 2. The van der Waals surface area contributed by atoms with Gasteiger partial charge in [0, 0.05) is 12.1 Å². The van der Waals surface area contributed by atoms with Gasteiger partial charge in [0.05, 0.1) is 25.2 Å². The number of benzene rings is 1. The van der Waals surface area contributed by atoms with Gasteiger partial charge >= 0.3 is 5.97 Å². The summed E-state index contributed by atoms with van der Waals surface area (Å²) in [5, 5.41) is 3.31. The fraction of sp³-hybridized carbons (Fsp3) is 0.286. The molecule has 0 aliphatic carbocycles. The Morgan fingerprint density at radius 3 is 2.89 bits per heavy atom. The second-order valence-corrected chi connectivity index (χ2v) is 4.56. The van der Waals surface area contributed by atoms with Crippen LogP contribution in [0.2, 0.25) is 0 Å². The second-order valence-electron chi connectivity index (χ2n) is 4.56. The van der Waals surface area contributed by atoms with Gasteiger partial charge in [0.1, 0.15) is 6.04 Å². The number of hydrogen-bond acceptors (Lipinski definition) is 4. The van der Waals surface area contributed by atoms with Gasteiger partial charge in [-0.2, -0.15) is 0 Å². The van der Waals surface area contributed by atoms with Crippen molar-refractivity contribution < 1.29 is 9.53 Å². The average molecular weight is 257 g/mol. The quantitative estimate of drug-likeness (QED) is 0.793. The van der Waals surface area contributed by atoms with E-state index in [1.54, 1.807) is 6.33 Å². The molecule has 1 aliphatic heterocycles. The Labute approximate surface area is 111 Å². The molecule has 0 bridgehead atoms. The fourth-order valence-electron chi connectivity index (χ4n) is 2.48. The minimum absolute atomic E-state index is 0.0831. The second kappa shape index (κ2) is 4.85. The Kier molecular flexibility index (Phi) is 3.05. The molecule has 1 aliphatic rings. The average Bonchev–Trinajstić information content (AvgIpc) is 2.94. The van der Waals surface area contributed by atoms with Crippen molar-refractivity contribution in [2.45, 2.75) is 18.5 Å². The molecule has 98 valence electrons. The Balaban J connectivity index is 1.98. The summed E-state index contributed by atoms with van der Waals surface area (Å²) in [4.78, 5) is 19.2. The summed E-state index contributed by atoms with van der Waals surface area (Å²) < 4.78 is 4.83. The molecule has 0 unspecified atom stereocenters. The van der Waals surface area contributed by atoms with E-state index in [1.165, 1.54) is 7.11 Å². The molecule has 1 aromatic heterocycles. The maximum atomic E-state index is 11.8. The summed E-state index contributed by atoms with van der Waals surface area (Å²) >= 11 is 0.